The van der Waals surface area contributed by atoms with Crippen molar-refractivity contribution in [2.75, 3.05) is 6.54 Å². The lowest BCUT2D eigenvalue weighted by Gasteiger charge is -2.11. The van der Waals surface area contributed by atoms with Crippen molar-refractivity contribution in [2.24, 2.45) is 5.73 Å². The highest BCUT2D eigenvalue weighted by Gasteiger charge is 2.18. The van der Waals surface area contributed by atoms with E-state index in [0.717, 1.165) is 5.69 Å². The zero-order valence-corrected chi connectivity index (χ0v) is 9.15. The first kappa shape index (κ1) is 11.3. The Morgan fingerprint density at radius 3 is 2.94 bits per heavy atom. The number of hydrogen-bond donors (Lipinski definition) is 2. The van der Waals surface area contributed by atoms with Gasteiger partial charge in [0.15, 0.2) is 0 Å². The van der Waals surface area contributed by atoms with Crippen molar-refractivity contribution >= 4 is 5.97 Å². The molecule has 5 nitrogen and oxygen atoms in total. The molecule has 0 aliphatic carbocycles. The predicted molar refractivity (Wildman–Crippen MR) is 63.0 cm³/mol. The Balaban J connectivity index is 2.37. The third-order valence-corrected chi connectivity index (χ3v) is 2.61. The first-order chi connectivity index (χ1) is 8.22. The van der Waals surface area contributed by atoms with E-state index < -0.39 is 11.9 Å². The summed E-state index contributed by atoms with van der Waals surface area (Å²) in [4.78, 5) is 15.0. The fourth-order valence-electron chi connectivity index (χ4n) is 1.69. The van der Waals surface area contributed by atoms with Gasteiger partial charge < -0.3 is 15.4 Å². The van der Waals surface area contributed by atoms with Gasteiger partial charge >= 0.3 is 5.97 Å². The molecule has 3 N–H and O–H groups in total. The van der Waals surface area contributed by atoms with Gasteiger partial charge in [-0.25, -0.2) is 4.98 Å². The smallest absolute Gasteiger partial charge is 0.312 e. The summed E-state index contributed by atoms with van der Waals surface area (Å²) in [6.07, 6.45) is 5.14. The molecule has 5 heteroatoms. The minimum Gasteiger partial charge on any atom is -0.481 e. The topological polar surface area (TPSA) is 81.1 Å². The number of carboxylic acids is 1. The lowest BCUT2D eigenvalue weighted by atomic mass is 9.99. The van der Waals surface area contributed by atoms with Gasteiger partial charge in [-0.05, 0) is 17.7 Å². The average molecular weight is 231 g/mol. The van der Waals surface area contributed by atoms with E-state index in [1.165, 1.54) is 0 Å². The summed E-state index contributed by atoms with van der Waals surface area (Å²) in [5, 5.41) is 9.05. The molecular weight excluding hydrogens is 218 g/mol. The van der Waals surface area contributed by atoms with Crippen LogP contribution >= 0.6 is 0 Å². The van der Waals surface area contributed by atoms with Gasteiger partial charge in [0.1, 0.15) is 0 Å². The van der Waals surface area contributed by atoms with Gasteiger partial charge in [0.2, 0.25) is 0 Å². The van der Waals surface area contributed by atoms with Crippen LogP contribution in [0.5, 0.6) is 0 Å². The molecular formula is C12H13N3O2. The van der Waals surface area contributed by atoms with Crippen LogP contribution in [-0.4, -0.2) is 27.2 Å². The van der Waals surface area contributed by atoms with Crippen molar-refractivity contribution in [3.8, 4) is 5.69 Å². The Kier molecular flexibility index (Phi) is 3.20. The van der Waals surface area contributed by atoms with E-state index in [4.69, 9.17) is 10.8 Å². The van der Waals surface area contributed by atoms with Gasteiger partial charge in [-0.1, -0.05) is 12.1 Å². The summed E-state index contributed by atoms with van der Waals surface area (Å²) in [5.41, 5.74) is 7.05. The minimum atomic E-state index is -0.907. The molecule has 1 aromatic heterocycles. The molecule has 0 spiro atoms. The number of nitrogens with two attached hydrogens (primary N) is 1. The largest absolute Gasteiger partial charge is 0.481 e. The molecule has 2 aromatic rings. The molecule has 2 rings (SSSR count). The molecule has 1 aromatic carbocycles. The van der Waals surface area contributed by atoms with E-state index in [0.29, 0.717) is 5.56 Å². The van der Waals surface area contributed by atoms with E-state index in [-0.39, 0.29) is 6.54 Å². The molecule has 1 atom stereocenters. The maximum Gasteiger partial charge on any atom is 0.312 e. The van der Waals surface area contributed by atoms with Crippen LogP contribution in [0, 0.1) is 0 Å². The van der Waals surface area contributed by atoms with E-state index in [9.17, 15) is 4.79 Å². The predicted octanol–water partition coefficient (Wildman–Crippen LogP) is 0.999. The Labute approximate surface area is 98.5 Å². The second kappa shape index (κ2) is 4.80. The Morgan fingerprint density at radius 2 is 2.35 bits per heavy atom. The van der Waals surface area contributed by atoms with Gasteiger partial charge in [0.25, 0.3) is 0 Å². The Morgan fingerprint density at radius 1 is 1.53 bits per heavy atom. The summed E-state index contributed by atoms with van der Waals surface area (Å²) < 4.78 is 1.82. The number of carboxylic acid groups (broad SMARTS) is 1. The number of carbonyl (C=O) groups is 1. The fraction of sp³-hybridized carbons (Fsp3) is 0.167. The molecule has 17 heavy (non-hydrogen) atoms. The first-order valence-electron chi connectivity index (χ1n) is 5.23. The normalized spacial score (nSPS) is 12.3. The molecule has 0 aliphatic heterocycles. The molecule has 88 valence electrons. The van der Waals surface area contributed by atoms with Gasteiger partial charge in [-0.2, -0.15) is 0 Å². The van der Waals surface area contributed by atoms with Crippen molar-refractivity contribution in [3.05, 3.63) is 48.5 Å². The highest BCUT2D eigenvalue weighted by Crippen LogP contribution is 2.18. The average Bonchev–Trinajstić information content (AvgIpc) is 2.83. The van der Waals surface area contributed by atoms with Gasteiger partial charge in [-0.15, -0.1) is 0 Å². The molecule has 0 aliphatic rings. The van der Waals surface area contributed by atoms with Gasteiger partial charge in [-0.3, -0.25) is 4.79 Å². The summed E-state index contributed by atoms with van der Waals surface area (Å²) in [6, 6.07) is 7.29. The number of nitrogens with zero attached hydrogens (tertiary/aromatic N) is 2. The van der Waals surface area contributed by atoms with Crippen molar-refractivity contribution < 1.29 is 9.90 Å². The number of hydrogen-bond acceptors (Lipinski definition) is 3. The zero-order chi connectivity index (χ0) is 12.3. The van der Waals surface area contributed by atoms with E-state index in [1.54, 1.807) is 24.8 Å². The van der Waals surface area contributed by atoms with E-state index >= 15 is 0 Å². The van der Waals surface area contributed by atoms with Crippen LogP contribution in [0.2, 0.25) is 0 Å². The summed E-state index contributed by atoms with van der Waals surface area (Å²) in [5.74, 6) is -1.58. The number of aliphatic carboxylic acids is 1. The van der Waals surface area contributed by atoms with Crippen molar-refractivity contribution in [1.82, 2.24) is 9.55 Å². The lowest BCUT2D eigenvalue weighted by Crippen LogP contribution is -2.21. The van der Waals surface area contributed by atoms with E-state index in [2.05, 4.69) is 4.98 Å². The second-order valence-corrected chi connectivity index (χ2v) is 3.69. The second-order valence-electron chi connectivity index (χ2n) is 3.69. The monoisotopic (exact) mass is 231 g/mol. The fourth-order valence-corrected chi connectivity index (χ4v) is 1.69. The van der Waals surface area contributed by atoms with Gasteiger partial charge in [0.05, 0.1) is 12.2 Å². The van der Waals surface area contributed by atoms with Crippen LogP contribution in [0.4, 0.5) is 0 Å². The summed E-state index contributed by atoms with van der Waals surface area (Å²) >= 11 is 0. The van der Waals surface area contributed by atoms with Gasteiger partial charge in [0, 0.05) is 24.6 Å². The number of benzene rings is 1. The van der Waals surface area contributed by atoms with Crippen LogP contribution in [0.25, 0.3) is 5.69 Å². The third kappa shape index (κ3) is 2.34. The van der Waals surface area contributed by atoms with Crippen LogP contribution < -0.4 is 5.73 Å². The minimum absolute atomic E-state index is 0.0860. The number of imidazole rings is 1. The van der Waals surface area contributed by atoms with Crippen LogP contribution in [0.15, 0.2) is 43.0 Å². The highest BCUT2D eigenvalue weighted by atomic mass is 16.4. The molecule has 0 radical (unpaired) electrons. The van der Waals surface area contributed by atoms with Crippen LogP contribution in [-0.2, 0) is 4.79 Å². The Bertz CT molecular complexity index is 508. The first-order valence-corrected chi connectivity index (χ1v) is 5.23. The van der Waals surface area contributed by atoms with E-state index in [1.807, 2.05) is 22.8 Å². The van der Waals surface area contributed by atoms with Crippen LogP contribution in [0.3, 0.4) is 0 Å². The highest BCUT2D eigenvalue weighted by molar-refractivity contribution is 5.76. The Hall–Kier alpha value is -2.14. The number of rotatable bonds is 4. The summed E-state index contributed by atoms with van der Waals surface area (Å²) in [6.45, 7) is 0.0860. The maximum atomic E-state index is 11.0. The SMILES string of the molecule is NCC(C(=O)O)c1cccc(-n2ccnc2)c1. The molecule has 0 saturated heterocycles. The molecule has 0 bridgehead atoms. The number of aromatic nitrogens is 2. The quantitative estimate of drug-likeness (QED) is 0.822. The molecule has 1 unspecified atom stereocenters. The summed E-state index contributed by atoms with van der Waals surface area (Å²) in [7, 11) is 0. The standard InChI is InChI=1S/C12H13N3O2/c13-7-11(12(16)17)9-2-1-3-10(6-9)15-5-4-14-8-15/h1-6,8,11H,7,13H2,(H,16,17). The lowest BCUT2D eigenvalue weighted by molar-refractivity contribution is -0.138. The maximum absolute atomic E-state index is 11.0. The molecule has 1 heterocycles. The van der Waals surface area contributed by atoms with Crippen LogP contribution in [0.1, 0.15) is 11.5 Å². The zero-order valence-electron chi connectivity index (χ0n) is 9.15. The molecule has 0 saturated carbocycles. The third-order valence-electron chi connectivity index (χ3n) is 2.61. The molecule has 0 amide bonds. The molecule has 0 fully saturated rings. The van der Waals surface area contributed by atoms with Crippen molar-refractivity contribution in [2.45, 2.75) is 5.92 Å². The van der Waals surface area contributed by atoms with Crippen molar-refractivity contribution in [1.29, 1.82) is 0 Å². The van der Waals surface area contributed by atoms with Crippen molar-refractivity contribution in [3.63, 3.8) is 0 Å².